The summed E-state index contributed by atoms with van der Waals surface area (Å²) in [6.07, 6.45) is -5.86. The van der Waals surface area contributed by atoms with Crippen molar-refractivity contribution in [3.8, 4) is 5.75 Å². The Hall–Kier alpha value is -0.990. The summed E-state index contributed by atoms with van der Waals surface area (Å²) >= 11 is 7.90. The van der Waals surface area contributed by atoms with E-state index in [2.05, 4.69) is 4.74 Å². The molecule has 0 aliphatic carbocycles. The fourth-order valence-corrected chi connectivity index (χ4v) is 2.60. The third kappa shape index (κ3) is 4.49. The monoisotopic (exact) mass is 428 g/mol. The normalized spacial score (nSPS) is 13.0. The molecular formula is C14H9ClF3IO2. The van der Waals surface area contributed by atoms with Crippen LogP contribution in [0.4, 0.5) is 13.2 Å². The predicted octanol–water partition coefficient (Wildman–Crippen LogP) is 4.92. The van der Waals surface area contributed by atoms with Crippen molar-refractivity contribution in [1.29, 1.82) is 0 Å². The van der Waals surface area contributed by atoms with Gasteiger partial charge in [0.15, 0.2) is 0 Å². The molecule has 0 aliphatic heterocycles. The molecule has 2 aromatic carbocycles. The van der Waals surface area contributed by atoms with E-state index in [1.165, 1.54) is 18.2 Å². The van der Waals surface area contributed by atoms with Crippen molar-refractivity contribution < 1.29 is 23.0 Å². The summed E-state index contributed by atoms with van der Waals surface area (Å²) in [6, 6.07) is 10.2. The maximum atomic E-state index is 12.2. The lowest BCUT2D eigenvalue weighted by Crippen LogP contribution is -2.17. The largest absolute Gasteiger partial charge is 0.573 e. The quantitative estimate of drug-likeness (QED) is 0.703. The van der Waals surface area contributed by atoms with Crippen LogP contribution in [0.1, 0.15) is 17.2 Å². The van der Waals surface area contributed by atoms with Crippen LogP contribution in [0.3, 0.4) is 0 Å². The summed E-state index contributed by atoms with van der Waals surface area (Å²) in [7, 11) is 0. The molecule has 1 atom stereocenters. The van der Waals surface area contributed by atoms with Gasteiger partial charge in [0, 0.05) is 8.59 Å². The Bertz CT molecular complexity index is 646. The number of hydrogen-bond donors (Lipinski definition) is 1. The molecule has 21 heavy (non-hydrogen) atoms. The van der Waals surface area contributed by atoms with E-state index in [1.54, 1.807) is 18.2 Å². The first kappa shape index (κ1) is 16.4. The van der Waals surface area contributed by atoms with Gasteiger partial charge in [0.05, 0.1) is 0 Å². The van der Waals surface area contributed by atoms with Gasteiger partial charge in [-0.2, -0.15) is 0 Å². The van der Waals surface area contributed by atoms with E-state index in [-0.39, 0.29) is 11.3 Å². The molecule has 0 aromatic heterocycles. The zero-order valence-corrected chi connectivity index (χ0v) is 13.3. The van der Waals surface area contributed by atoms with Gasteiger partial charge in [-0.25, -0.2) is 0 Å². The fourth-order valence-electron chi connectivity index (χ4n) is 1.79. The molecule has 1 N–H and O–H groups in total. The van der Waals surface area contributed by atoms with Crippen LogP contribution in [0.2, 0.25) is 5.02 Å². The standard InChI is InChI=1S/C14H9ClF3IO2/c15-9-4-5-12(19)11(7-9)13(20)8-2-1-3-10(6-8)21-14(16,17)18/h1-7,13,20H. The Morgan fingerprint density at radius 3 is 2.52 bits per heavy atom. The van der Waals surface area contributed by atoms with Crippen LogP contribution in [0.25, 0.3) is 0 Å². The Morgan fingerprint density at radius 2 is 1.86 bits per heavy atom. The van der Waals surface area contributed by atoms with Crippen LogP contribution in [0.15, 0.2) is 42.5 Å². The maximum Gasteiger partial charge on any atom is 0.573 e. The second-order valence-corrected chi connectivity index (χ2v) is 5.79. The highest BCUT2D eigenvalue weighted by atomic mass is 127. The maximum absolute atomic E-state index is 12.2. The SMILES string of the molecule is OC(c1cccc(OC(F)(F)F)c1)c1cc(Cl)ccc1I. The number of rotatable bonds is 3. The molecular weight excluding hydrogens is 420 g/mol. The first-order chi connectivity index (χ1) is 9.76. The summed E-state index contributed by atoms with van der Waals surface area (Å²) in [5.74, 6) is -0.379. The lowest BCUT2D eigenvalue weighted by atomic mass is 10.0. The first-order valence-electron chi connectivity index (χ1n) is 5.75. The molecule has 1 unspecified atom stereocenters. The Balaban J connectivity index is 2.33. The number of aliphatic hydroxyl groups excluding tert-OH is 1. The number of benzene rings is 2. The summed E-state index contributed by atoms with van der Waals surface area (Å²) in [5.41, 5.74) is 0.809. The second-order valence-electron chi connectivity index (χ2n) is 4.19. The van der Waals surface area contributed by atoms with Crippen LogP contribution in [-0.2, 0) is 0 Å². The third-order valence-electron chi connectivity index (χ3n) is 2.66. The van der Waals surface area contributed by atoms with E-state index >= 15 is 0 Å². The molecule has 0 bridgehead atoms. The van der Waals surface area contributed by atoms with Crippen molar-refractivity contribution in [1.82, 2.24) is 0 Å². The van der Waals surface area contributed by atoms with Crippen molar-refractivity contribution >= 4 is 34.2 Å². The van der Waals surface area contributed by atoms with Crippen molar-refractivity contribution in [2.24, 2.45) is 0 Å². The summed E-state index contributed by atoms with van der Waals surface area (Å²) < 4.78 is 41.2. The number of ether oxygens (including phenoxy) is 1. The van der Waals surface area contributed by atoms with Gasteiger partial charge in [-0.15, -0.1) is 13.2 Å². The molecule has 0 saturated heterocycles. The number of alkyl halides is 3. The van der Waals surface area contributed by atoms with E-state index in [0.717, 1.165) is 9.64 Å². The highest BCUT2D eigenvalue weighted by Gasteiger charge is 2.31. The molecule has 0 radical (unpaired) electrons. The number of halogens is 5. The van der Waals surface area contributed by atoms with E-state index in [9.17, 15) is 18.3 Å². The van der Waals surface area contributed by atoms with Crippen LogP contribution >= 0.6 is 34.2 Å². The average Bonchev–Trinajstić information content (AvgIpc) is 2.39. The van der Waals surface area contributed by atoms with Crippen LogP contribution in [0.5, 0.6) is 5.75 Å². The third-order valence-corrected chi connectivity index (χ3v) is 3.88. The van der Waals surface area contributed by atoms with Gasteiger partial charge >= 0.3 is 6.36 Å². The molecule has 0 saturated carbocycles. The first-order valence-corrected chi connectivity index (χ1v) is 7.20. The Morgan fingerprint density at radius 1 is 1.14 bits per heavy atom. The van der Waals surface area contributed by atoms with Gasteiger partial charge in [0.1, 0.15) is 11.9 Å². The molecule has 112 valence electrons. The van der Waals surface area contributed by atoms with E-state index in [4.69, 9.17) is 11.6 Å². The smallest absolute Gasteiger partial charge is 0.406 e. The van der Waals surface area contributed by atoms with E-state index in [0.29, 0.717) is 10.6 Å². The molecule has 2 rings (SSSR count). The minimum absolute atomic E-state index is 0.289. The number of aliphatic hydroxyl groups is 1. The van der Waals surface area contributed by atoms with Crippen LogP contribution < -0.4 is 4.74 Å². The molecule has 0 amide bonds. The van der Waals surface area contributed by atoms with Crippen molar-refractivity contribution in [2.45, 2.75) is 12.5 Å². The highest BCUT2D eigenvalue weighted by molar-refractivity contribution is 14.1. The summed E-state index contributed by atoms with van der Waals surface area (Å²) in [5, 5.41) is 10.8. The molecule has 0 aliphatic rings. The van der Waals surface area contributed by atoms with Gasteiger partial charge < -0.3 is 9.84 Å². The number of hydrogen-bond acceptors (Lipinski definition) is 2. The van der Waals surface area contributed by atoms with E-state index in [1.807, 2.05) is 22.6 Å². The lowest BCUT2D eigenvalue weighted by Gasteiger charge is -2.15. The second kappa shape index (κ2) is 6.41. The van der Waals surface area contributed by atoms with Gasteiger partial charge in [-0.3, -0.25) is 0 Å². The minimum atomic E-state index is -4.77. The van der Waals surface area contributed by atoms with Gasteiger partial charge in [-0.1, -0.05) is 23.7 Å². The molecule has 0 fully saturated rings. The molecule has 2 aromatic rings. The van der Waals surface area contributed by atoms with Crippen molar-refractivity contribution in [3.05, 3.63) is 62.2 Å². The molecule has 0 heterocycles. The van der Waals surface area contributed by atoms with E-state index < -0.39 is 12.5 Å². The summed E-state index contributed by atoms with van der Waals surface area (Å²) in [4.78, 5) is 0. The minimum Gasteiger partial charge on any atom is -0.406 e. The predicted molar refractivity (Wildman–Crippen MR) is 81.4 cm³/mol. The molecule has 0 spiro atoms. The Labute approximate surface area is 137 Å². The van der Waals surface area contributed by atoms with Crippen molar-refractivity contribution in [2.75, 3.05) is 0 Å². The topological polar surface area (TPSA) is 29.5 Å². The van der Waals surface area contributed by atoms with Gasteiger partial charge in [0.2, 0.25) is 0 Å². The fraction of sp³-hybridized carbons (Fsp3) is 0.143. The molecule has 7 heteroatoms. The van der Waals surface area contributed by atoms with Crippen LogP contribution in [0, 0.1) is 3.57 Å². The average molecular weight is 429 g/mol. The zero-order chi connectivity index (χ0) is 15.6. The summed E-state index contributed by atoms with van der Waals surface area (Å²) in [6.45, 7) is 0. The highest BCUT2D eigenvalue weighted by Crippen LogP contribution is 2.31. The van der Waals surface area contributed by atoms with Gasteiger partial charge in [0.25, 0.3) is 0 Å². The molecule has 2 nitrogen and oxygen atoms in total. The lowest BCUT2D eigenvalue weighted by molar-refractivity contribution is -0.274. The van der Waals surface area contributed by atoms with Crippen LogP contribution in [-0.4, -0.2) is 11.5 Å². The van der Waals surface area contributed by atoms with Gasteiger partial charge in [-0.05, 0) is 64.0 Å². The Kier molecular flexibility index (Phi) is 5.00. The zero-order valence-electron chi connectivity index (χ0n) is 10.4. The van der Waals surface area contributed by atoms with Crippen molar-refractivity contribution in [3.63, 3.8) is 0 Å².